The third-order valence-electron chi connectivity index (χ3n) is 2.38. The molecule has 0 aliphatic carbocycles. The zero-order valence-electron chi connectivity index (χ0n) is 10.3. The van der Waals surface area contributed by atoms with E-state index in [0.29, 0.717) is 10.9 Å². The molecule has 1 atom stereocenters. The monoisotopic (exact) mass is 331 g/mol. The molecule has 8 heteroatoms. The molecule has 3 N–H and O–H groups in total. The van der Waals surface area contributed by atoms with Crippen molar-refractivity contribution in [2.45, 2.75) is 25.9 Å². The van der Waals surface area contributed by atoms with E-state index in [-0.39, 0.29) is 29.9 Å². The molecule has 1 unspecified atom stereocenters. The number of hydrazine groups is 1. The van der Waals surface area contributed by atoms with Gasteiger partial charge in [-0.05, 0) is 25.5 Å². The summed E-state index contributed by atoms with van der Waals surface area (Å²) in [5.41, 5.74) is 1.89. The summed E-state index contributed by atoms with van der Waals surface area (Å²) in [5, 5.41) is 10.9. The number of nitrogens with zero attached hydrogens (tertiary/aromatic N) is 1. The Morgan fingerprint density at radius 3 is 2.89 bits per heavy atom. The van der Waals surface area contributed by atoms with Crippen LogP contribution in [0.5, 0.6) is 5.75 Å². The van der Waals surface area contributed by atoms with Crippen molar-refractivity contribution in [1.29, 1.82) is 0 Å². The fourth-order valence-corrected chi connectivity index (χ4v) is 1.76. The average Bonchev–Trinajstić information content (AvgIpc) is 2.37. The van der Waals surface area contributed by atoms with Crippen LogP contribution in [0.15, 0.2) is 22.7 Å². The maximum Gasteiger partial charge on any atom is 0.312 e. The lowest BCUT2D eigenvalue weighted by molar-refractivity contribution is -0.386. The molecule has 0 aliphatic heterocycles. The number of nitro benzene ring substituents is 1. The first-order valence-corrected chi connectivity index (χ1v) is 6.33. The van der Waals surface area contributed by atoms with Crippen molar-refractivity contribution in [1.82, 2.24) is 5.43 Å². The van der Waals surface area contributed by atoms with Gasteiger partial charge in [0.05, 0.1) is 11.0 Å². The van der Waals surface area contributed by atoms with Crippen LogP contribution in [0.4, 0.5) is 5.69 Å². The van der Waals surface area contributed by atoms with Crippen LogP contribution < -0.4 is 16.0 Å². The summed E-state index contributed by atoms with van der Waals surface area (Å²) >= 11 is 3.16. The molecule has 0 heterocycles. The first-order valence-electron chi connectivity index (χ1n) is 5.54. The number of hydrogen-bond donors (Lipinski definition) is 2. The topological polar surface area (TPSA) is 107 Å². The van der Waals surface area contributed by atoms with Crippen LogP contribution in [0.2, 0.25) is 0 Å². The number of benzene rings is 1. The Morgan fingerprint density at radius 2 is 2.32 bits per heavy atom. The Kier molecular flexibility index (Phi) is 5.71. The van der Waals surface area contributed by atoms with Crippen molar-refractivity contribution in [3.05, 3.63) is 32.8 Å². The van der Waals surface area contributed by atoms with Crippen molar-refractivity contribution in [3.63, 3.8) is 0 Å². The van der Waals surface area contributed by atoms with Crippen molar-refractivity contribution >= 4 is 27.5 Å². The van der Waals surface area contributed by atoms with E-state index < -0.39 is 4.92 Å². The third kappa shape index (κ3) is 4.84. The second-order valence-corrected chi connectivity index (χ2v) is 4.82. The molecule has 0 aliphatic rings. The van der Waals surface area contributed by atoms with E-state index in [1.165, 1.54) is 12.1 Å². The fraction of sp³-hybridized carbons (Fsp3) is 0.364. The molecule has 0 saturated heterocycles. The van der Waals surface area contributed by atoms with Crippen LogP contribution in [0, 0.1) is 10.1 Å². The van der Waals surface area contributed by atoms with Gasteiger partial charge in [-0.3, -0.25) is 20.3 Å². The van der Waals surface area contributed by atoms with Gasteiger partial charge in [-0.1, -0.05) is 15.9 Å². The minimum atomic E-state index is -0.514. The Bertz CT molecular complexity index is 481. The molecular formula is C11H14BrN3O4. The number of halogens is 1. The van der Waals surface area contributed by atoms with Gasteiger partial charge in [0.15, 0.2) is 5.75 Å². The van der Waals surface area contributed by atoms with Gasteiger partial charge in [-0.15, -0.1) is 0 Å². The molecule has 0 radical (unpaired) electrons. The van der Waals surface area contributed by atoms with Gasteiger partial charge in [0.2, 0.25) is 5.91 Å². The maximum atomic E-state index is 11.0. The Hall–Kier alpha value is -1.67. The van der Waals surface area contributed by atoms with Gasteiger partial charge in [-0.25, -0.2) is 5.84 Å². The number of hydrogen-bond acceptors (Lipinski definition) is 5. The Morgan fingerprint density at radius 1 is 1.63 bits per heavy atom. The number of carbonyl (C=O) groups excluding carboxylic acids is 1. The largest absolute Gasteiger partial charge is 0.484 e. The van der Waals surface area contributed by atoms with E-state index >= 15 is 0 Å². The van der Waals surface area contributed by atoms with E-state index in [4.69, 9.17) is 10.6 Å². The van der Waals surface area contributed by atoms with Gasteiger partial charge in [0, 0.05) is 17.0 Å². The number of carbonyl (C=O) groups is 1. The minimum absolute atomic E-state index is 0.121. The highest BCUT2D eigenvalue weighted by molar-refractivity contribution is 9.10. The highest BCUT2D eigenvalue weighted by Gasteiger charge is 2.18. The van der Waals surface area contributed by atoms with Crippen molar-refractivity contribution in [2.75, 3.05) is 0 Å². The quantitative estimate of drug-likeness (QED) is 0.358. The summed E-state index contributed by atoms with van der Waals surface area (Å²) in [5.74, 6) is 4.83. The maximum absolute atomic E-state index is 11.0. The zero-order valence-corrected chi connectivity index (χ0v) is 11.8. The fourth-order valence-electron chi connectivity index (χ4n) is 1.42. The molecule has 1 aromatic carbocycles. The summed E-state index contributed by atoms with van der Waals surface area (Å²) in [6, 6.07) is 4.54. The van der Waals surface area contributed by atoms with Crippen LogP contribution in [0.3, 0.4) is 0 Å². The minimum Gasteiger partial charge on any atom is -0.484 e. The van der Waals surface area contributed by atoms with Gasteiger partial charge in [0.25, 0.3) is 0 Å². The van der Waals surface area contributed by atoms with E-state index in [9.17, 15) is 14.9 Å². The number of nitrogens with one attached hydrogen (secondary N) is 1. The van der Waals surface area contributed by atoms with Crippen molar-refractivity contribution in [3.8, 4) is 5.75 Å². The molecule has 1 amide bonds. The second kappa shape index (κ2) is 7.05. The third-order valence-corrected chi connectivity index (χ3v) is 2.88. The lowest BCUT2D eigenvalue weighted by atomic mass is 10.2. The smallest absolute Gasteiger partial charge is 0.312 e. The summed E-state index contributed by atoms with van der Waals surface area (Å²) in [6.07, 6.45) is 0.273. The molecule has 1 aromatic rings. The molecule has 0 saturated carbocycles. The molecule has 0 bridgehead atoms. The van der Waals surface area contributed by atoms with Crippen molar-refractivity contribution in [2.24, 2.45) is 5.84 Å². The highest BCUT2D eigenvalue weighted by Crippen LogP contribution is 2.31. The predicted octanol–water partition coefficient (Wildman–Crippen LogP) is 1.89. The molecule has 0 fully saturated rings. The molecule has 1 rings (SSSR count). The molecule has 104 valence electrons. The van der Waals surface area contributed by atoms with Gasteiger partial charge >= 0.3 is 5.69 Å². The van der Waals surface area contributed by atoms with Gasteiger partial charge in [0.1, 0.15) is 0 Å². The summed E-state index contributed by atoms with van der Waals surface area (Å²) < 4.78 is 6.07. The van der Waals surface area contributed by atoms with Crippen LogP contribution in [0.1, 0.15) is 19.8 Å². The van der Waals surface area contributed by atoms with Crippen LogP contribution in [0.25, 0.3) is 0 Å². The number of ether oxygens (including phenoxy) is 1. The van der Waals surface area contributed by atoms with Gasteiger partial charge < -0.3 is 4.74 Å². The summed E-state index contributed by atoms with van der Waals surface area (Å²) in [4.78, 5) is 21.4. The lowest BCUT2D eigenvalue weighted by Gasteiger charge is -2.14. The summed E-state index contributed by atoms with van der Waals surface area (Å²) in [6.45, 7) is 1.73. The Labute approximate surface area is 118 Å². The normalized spacial score (nSPS) is 11.7. The zero-order chi connectivity index (χ0) is 14.4. The van der Waals surface area contributed by atoms with Crippen LogP contribution >= 0.6 is 15.9 Å². The first kappa shape index (κ1) is 15.4. The SMILES string of the molecule is CC(CCC(=O)NN)Oc1ccc(Br)cc1[N+](=O)[O-]. The second-order valence-electron chi connectivity index (χ2n) is 3.90. The van der Waals surface area contributed by atoms with Crippen LogP contribution in [-0.4, -0.2) is 16.9 Å². The number of nitrogens with two attached hydrogens (primary N) is 1. The van der Waals surface area contributed by atoms with Crippen molar-refractivity contribution < 1.29 is 14.5 Å². The highest BCUT2D eigenvalue weighted by atomic mass is 79.9. The number of rotatable bonds is 6. The lowest BCUT2D eigenvalue weighted by Crippen LogP contribution is -2.30. The molecule has 19 heavy (non-hydrogen) atoms. The predicted molar refractivity (Wildman–Crippen MR) is 72.5 cm³/mol. The van der Waals surface area contributed by atoms with E-state index in [0.717, 1.165) is 0 Å². The molecule has 0 aromatic heterocycles. The van der Waals surface area contributed by atoms with Crippen LogP contribution in [-0.2, 0) is 4.79 Å². The molecule has 7 nitrogen and oxygen atoms in total. The standard InChI is InChI=1S/C11H14BrN3O4/c1-7(2-5-11(16)14-13)19-10-4-3-8(12)6-9(10)15(17)18/h3-4,6-7H,2,5,13H2,1H3,(H,14,16). The number of amides is 1. The van der Waals surface area contributed by atoms with Gasteiger partial charge in [-0.2, -0.15) is 0 Å². The van der Waals surface area contributed by atoms with E-state index in [1.807, 2.05) is 5.43 Å². The molecular weight excluding hydrogens is 318 g/mol. The summed E-state index contributed by atoms with van der Waals surface area (Å²) in [7, 11) is 0. The van der Waals surface area contributed by atoms with E-state index in [2.05, 4.69) is 15.9 Å². The Balaban J connectivity index is 2.71. The molecule has 0 spiro atoms. The first-order chi connectivity index (χ1) is 8.93. The van der Waals surface area contributed by atoms with E-state index in [1.54, 1.807) is 13.0 Å². The average molecular weight is 332 g/mol. The number of nitro groups is 1.